The van der Waals surface area contributed by atoms with E-state index in [4.69, 9.17) is 0 Å². The first-order chi connectivity index (χ1) is 7.77. The quantitative estimate of drug-likeness (QED) is 0.834. The summed E-state index contributed by atoms with van der Waals surface area (Å²) >= 11 is 0. The minimum atomic E-state index is -3.36. The molecule has 17 heavy (non-hydrogen) atoms. The third kappa shape index (κ3) is 3.06. The number of carbonyl (C=O) groups is 1. The number of phenols is 1. The number of aromatic hydroxyl groups is 1. The van der Waals surface area contributed by atoms with Crippen LogP contribution in [0.1, 0.15) is 30.4 Å². The Bertz CT molecular complexity index is 532. The summed E-state index contributed by atoms with van der Waals surface area (Å²) < 4.78 is 23.3. The first kappa shape index (κ1) is 13.7. The standard InChI is InChI=1S/C12H16O4S/c1-8(4-5-13)10-7-11(14)9(2)6-12(10)17(3,15)16/h5-8,14H,4H2,1-3H3. The predicted molar refractivity (Wildman–Crippen MR) is 65.0 cm³/mol. The smallest absolute Gasteiger partial charge is 0.175 e. The molecular formula is C12H16O4S. The number of hydrogen-bond acceptors (Lipinski definition) is 4. The Morgan fingerprint density at radius 2 is 2.00 bits per heavy atom. The number of rotatable bonds is 4. The Morgan fingerprint density at radius 1 is 1.41 bits per heavy atom. The van der Waals surface area contributed by atoms with E-state index in [0.29, 0.717) is 11.1 Å². The molecule has 0 radical (unpaired) electrons. The zero-order chi connectivity index (χ0) is 13.2. The topological polar surface area (TPSA) is 71.4 Å². The number of benzene rings is 1. The first-order valence-corrected chi connectivity index (χ1v) is 7.13. The van der Waals surface area contributed by atoms with Crippen LogP contribution < -0.4 is 0 Å². The van der Waals surface area contributed by atoms with Crippen molar-refractivity contribution in [2.24, 2.45) is 0 Å². The van der Waals surface area contributed by atoms with Gasteiger partial charge in [0.15, 0.2) is 9.84 Å². The second kappa shape index (κ2) is 4.87. The van der Waals surface area contributed by atoms with Crippen LogP contribution in [0.5, 0.6) is 5.75 Å². The van der Waals surface area contributed by atoms with Crippen molar-refractivity contribution in [1.82, 2.24) is 0 Å². The Balaban J connectivity index is 3.46. The van der Waals surface area contributed by atoms with Gasteiger partial charge in [0.2, 0.25) is 0 Å². The summed E-state index contributed by atoms with van der Waals surface area (Å²) in [7, 11) is -3.36. The van der Waals surface area contributed by atoms with Crippen molar-refractivity contribution >= 4 is 16.1 Å². The van der Waals surface area contributed by atoms with E-state index in [9.17, 15) is 18.3 Å². The van der Waals surface area contributed by atoms with Crippen molar-refractivity contribution in [3.05, 3.63) is 23.3 Å². The molecule has 1 N–H and O–H groups in total. The molecule has 0 aliphatic carbocycles. The van der Waals surface area contributed by atoms with Gasteiger partial charge >= 0.3 is 0 Å². The van der Waals surface area contributed by atoms with Gasteiger partial charge in [-0.2, -0.15) is 0 Å². The second-order valence-corrected chi connectivity index (χ2v) is 6.24. The van der Waals surface area contributed by atoms with Gasteiger partial charge in [-0.25, -0.2) is 8.42 Å². The van der Waals surface area contributed by atoms with Gasteiger partial charge in [0.1, 0.15) is 12.0 Å². The molecule has 1 aromatic rings. The molecule has 0 aliphatic heterocycles. The first-order valence-electron chi connectivity index (χ1n) is 5.24. The molecule has 1 aromatic carbocycles. The van der Waals surface area contributed by atoms with Crippen LogP contribution in [0, 0.1) is 6.92 Å². The van der Waals surface area contributed by atoms with Gasteiger partial charge in [-0.1, -0.05) is 6.92 Å². The van der Waals surface area contributed by atoms with E-state index >= 15 is 0 Å². The molecule has 0 amide bonds. The SMILES string of the molecule is Cc1cc(S(C)(=O)=O)c(C(C)CC=O)cc1O. The molecule has 0 aliphatic rings. The molecule has 0 aromatic heterocycles. The van der Waals surface area contributed by atoms with Crippen LogP contribution in [0.2, 0.25) is 0 Å². The molecule has 0 saturated heterocycles. The highest BCUT2D eigenvalue weighted by Gasteiger charge is 2.19. The molecule has 4 nitrogen and oxygen atoms in total. The summed E-state index contributed by atoms with van der Waals surface area (Å²) in [6.07, 6.45) is 2.09. The third-order valence-corrected chi connectivity index (χ3v) is 3.86. The number of aryl methyl sites for hydroxylation is 1. The lowest BCUT2D eigenvalue weighted by Crippen LogP contribution is -2.06. The van der Waals surface area contributed by atoms with Crippen LogP contribution in [-0.4, -0.2) is 26.1 Å². The Hall–Kier alpha value is -1.36. The molecule has 0 heterocycles. The molecule has 94 valence electrons. The Labute approximate surface area is 101 Å². The summed E-state index contributed by atoms with van der Waals surface area (Å²) in [5.74, 6) is -0.186. The molecular weight excluding hydrogens is 240 g/mol. The Kier molecular flexibility index (Phi) is 3.93. The number of carbonyl (C=O) groups excluding carboxylic acids is 1. The van der Waals surface area contributed by atoms with E-state index in [1.807, 2.05) is 0 Å². The highest BCUT2D eigenvalue weighted by atomic mass is 32.2. The van der Waals surface area contributed by atoms with E-state index in [0.717, 1.165) is 12.5 Å². The van der Waals surface area contributed by atoms with Gasteiger partial charge in [-0.05, 0) is 36.1 Å². The van der Waals surface area contributed by atoms with Crippen molar-refractivity contribution in [3.8, 4) is 5.75 Å². The summed E-state index contributed by atoms with van der Waals surface area (Å²) in [5, 5.41) is 9.62. The fraction of sp³-hybridized carbons (Fsp3) is 0.417. The fourth-order valence-electron chi connectivity index (χ4n) is 1.66. The highest BCUT2D eigenvalue weighted by molar-refractivity contribution is 7.90. The lowest BCUT2D eigenvalue weighted by atomic mass is 9.97. The number of hydrogen-bond donors (Lipinski definition) is 1. The van der Waals surface area contributed by atoms with E-state index in [1.54, 1.807) is 13.8 Å². The number of sulfone groups is 1. The van der Waals surface area contributed by atoms with Crippen LogP contribution in [0.15, 0.2) is 17.0 Å². The van der Waals surface area contributed by atoms with Gasteiger partial charge in [0.25, 0.3) is 0 Å². The van der Waals surface area contributed by atoms with E-state index < -0.39 is 9.84 Å². The summed E-state index contributed by atoms with van der Waals surface area (Å²) in [5.41, 5.74) is 0.996. The van der Waals surface area contributed by atoms with Crippen LogP contribution in [0.25, 0.3) is 0 Å². The van der Waals surface area contributed by atoms with Gasteiger partial charge < -0.3 is 9.90 Å². The van der Waals surface area contributed by atoms with Crippen LogP contribution in [-0.2, 0) is 14.6 Å². The lowest BCUT2D eigenvalue weighted by molar-refractivity contribution is -0.108. The highest BCUT2D eigenvalue weighted by Crippen LogP contribution is 2.31. The minimum absolute atomic E-state index is 0.0464. The van der Waals surface area contributed by atoms with Crippen molar-refractivity contribution in [1.29, 1.82) is 0 Å². The lowest BCUT2D eigenvalue weighted by Gasteiger charge is -2.15. The van der Waals surface area contributed by atoms with Crippen LogP contribution in [0.4, 0.5) is 0 Å². The molecule has 0 spiro atoms. The van der Waals surface area contributed by atoms with Crippen molar-refractivity contribution < 1.29 is 18.3 Å². The van der Waals surface area contributed by atoms with E-state index in [2.05, 4.69) is 0 Å². The summed E-state index contributed by atoms with van der Waals surface area (Å²) in [6.45, 7) is 3.39. The maximum absolute atomic E-state index is 11.7. The summed E-state index contributed by atoms with van der Waals surface area (Å²) in [4.78, 5) is 10.7. The van der Waals surface area contributed by atoms with E-state index in [1.165, 1.54) is 12.1 Å². The molecule has 0 fully saturated rings. The average molecular weight is 256 g/mol. The van der Waals surface area contributed by atoms with E-state index in [-0.39, 0.29) is 23.0 Å². The van der Waals surface area contributed by atoms with Crippen molar-refractivity contribution in [2.75, 3.05) is 6.26 Å². The van der Waals surface area contributed by atoms with Crippen molar-refractivity contribution in [3.63, 3.8) is 0 Å². The monoisotopic (exact) mass is 256 g/mol. The average Bonchev–Trinajstić information content (AvgIpc) is 2.20. The minimum Gasteiger partial charge on any atom is -0.508 e. The van der Waals surface area contributed by atoms with Gasteiger partial charge in [0.05, 0.1) is 4.90 Å². The normalized spacial score (nSPS) is 13.4. The van der Waals surface area contributed by atoms with Gasteiger partial charge in [-0.3, -0.25) is 0 Å². The predicted octanol–water partition coefficient (Wildman–Crippen LogP) is 1.80. The molecule has 5 heteroatoms. The molecule has 0 saturated carbocycles. The van der Waals surface area contributed by atoms with Crippen LogP contribution in [0.3, 0.4) is 0 Å². The molecule has 0 bridgehead atoms. The maximum Gasteiger partial charge on any atom is 0.175 e. The van der Waals surface area contributed by atoms with Gasteiger partial charge in [-0.15, -0.1) is 0 Å². The largest absolute Gasteiger partial charge is 0.508 e. The number of aldehydes is 1. The number of phenolic OH excluding ortho intramolecular Hbond substituents is 1. The Morgan fingerprint density at radius 3 is 2.47 bits per heavy atom. The van der Waals surface area contributed by atoms with Crippen LogP contribution >= 0.6 is 0 Å². The van der Waals surface area contributed by atoms with Crippen molar-refractivity contribution in [2.45, 2.75) is 31.1 Å². The molecule has 1 rings (SSSR count). The fourth-order valence-corrected chi connectivity index (χ4v) is 2.74. The third-order valence-electron chi connectivity index (χ3n) is 2.71. The van der Waals surface area contributed by atoms with Gasteiger partial charge in [0, 0.05) is 12.7 Å². The molecule has 1 unspecified atom stereocenters. The zero-order valence-electron chi connectivity index (χ0n) is 10.1. The molecule has 1 atom stereocenters. The second-order valence-electron chi connectivity index (χ2n) is 4.25. The zero-order valence-corrected chi connectivity index (χ0v) is 10.9. The summed E-state index contributed by atoms with van der Waals surface area (Å²) in [6, 6.07) is 2.88. The maximum atomic E-state index is 11.7.